The van der Waals surface area contributed by atoms with Gasteiger partial charge in [0.15, 0.2) is 0 Å². The summed E-state index contributed by atoms with van der Waals surface area (Å²) in [6.45, 7) is -0.505. The number of nitrogens with two attached hydrogens (primary N) is 1. The summed E-state index contributed by atoms with van der Waals surface area (Å²) in [4.78, 5) is 16.5. The van der Waals surface area contributed by atoms with Gasteiger partial charge in [0.2, 0.25) is 10.5 Å². The lowest BCUT2D eigenvalue weighted by Crippen LogP contribution is -2.33. The normalized spacial score (nSPS) is 11.1. The summed E-state index contributed by atoms with van der Waals surface area (Å²) < 4.78 is 0. The van der Waals surface area contributed by atoms with Crippen LogP contribution < -0.4 is 5.73 Å². The van der Waals surface area contributed by atoms with Crippen molar-refractivity contribution >= 4 is 16.5 Å². The third-order valence-electron chi connectivity index (χ3n) is 0.514. The van der Waals surface area contributed by atoms with Gasteiger partial charge < -0.3 is 20.7 Å². The Kier molecular flexibility index (Phi) is 9.56. The van der Waals surface area contributed by atoms with Crippen LogP contribution in [0.15, 0.2) is 0 Å². The van der Waals surface area contributed by atoms with Gasteiger partial charge in [-0.15, -0.1) is 0 Å². The number of carbonyl (C=O) groups is 1. The molecule has 0 aromatic rings. The molecule has 0 saturated carbocycles. The fraction of sp³-hybridized carbons (Fsp3) is 0.667. The molecule has 0 heterocycles. The Balaban J connectivity index is 0. The molecule has 0 fully saturated rings. The fourth-order valence-electron chi connectivity index (χ4n) is 0.0781. The first-order valence-electron chi connectivity index (χ1n) is 2.00. The maximum Gasteiger partial charge on any atom is 0.322 e. The van der Waals surface area contributed by atoms with Crippen LogP contribution in [-0.4, -0.2) is 44.1 Å². The molecule has 3 radical (unpaired) electrons. The molecule has 6 heteroatoms. The second kappa shape index (κ2) is 7.57. The summed E-state index contributed by atoms with van der Waals surface area (Å²) in [6.07, 6.45) is 0. The minimum atomic E-state index is -1.18. The number of rotatable bonds is 2. The highest BCUT2D eigenvalue weighted by Gasteiger charge is 2.06. The zero-order valence-corrected chi connectivity index (χ0v) is 5.61. The SMILES string of the molecule is NC(CO)C(=O)O.O[Si]. The number of carboxylic acids is 1. The van der Waals surface area contributed by atoms with Crippen molar-refractivity contribution in [3.05, 3.63) is 0 Å². The predicted molar refractivity (Wildman–Crippen MR) is 30.7 cm³/mol. The maximum atomic E-state index is 9.65. The Labute approximate surface area is 55.7 Å². The van der Waals surface area contributed by atoms with E-state index < -0.39 is 18.6 Å². The number of hydrogen-bond donors (Lipinski definition) is 4. The largest absolute Gasteiger partial charge is 0.480 e. The average molecular weight is 150 g/mol. The molecule has 0 saturated heterocycles. The molecule has 9 heavy (non-hydrogen) atoms. The van der Waals surface area contributed by atoms with Crippen molar-refractivity contribution in [3.8, 4) is 0 Å². The molecule has 0 aromatic carbocycles. The van der Waals surface area contributed by atoms with Gasteiger partial charge >= 0.3 is 5.97 Å². The number of hydrogen-bond acceptors (Lipinski definition) is 4. The Morgan fingerprint density at radius 3 is 2.00 bits per heavy atom. The Morgan fingerprint density at radius 1 is 1.67 bits per heavy atom. The molecule has 0 spiro atoms. The third kappa shape index (κ3) is 7.57. The molecule has 0 aliphatic heterocycles. The molecule has 0 aliphatic rings. The van der Waals surface area contributed by atoms with Crippen molar-refractivity contribution in [1.29, 1.82) is 0 Å². The van der Waals surface area contributed by atoms with Crippen LogP contribution in [0, 0.1) is 0 Å². The van der Waals surface area contributed by atoms with E-state index in [0.29, 0.717) is 0 Å². The van der Waals surface area contributed by atoms with Gasteiger partial charge in [-0.05, 0) is 0 Å². The highest BCUT2D eigenvalue weighted by molar-refractivity contribution is 5.95. The van der Waals surface area contributed by atoms with Crippen molar-refractivity contribution < 1.29 is 19.8 Å². The van der Waals surface area contributed by atoms with Crippen LogP contribution in [0.2, 0.25) is 0 Å². The van der Waals surface area contributed by atoms with E-state index in [2.05, 4.69) is 0 Å². The van der Waals surface area contributed by atoms with Gasteiger partial charge in [-0.2, -0.15) is 0 Å². The quantitative estimate of drug-likeness (QED) is 0.324. The van der Waals surface area contributed by atoms with Crippen LogP contribution in [-0.2, 0) is 4.79 Å². The predicted octanol–water partition coefficient (Wildman–Crippen LogP) is -2.55. The molecule has 53 valence electrons. The maximum absolute atomic E-state index is 9.65. The zero-order valence-electron chi connectivity index (χ0n) is 4.61. The van der Waals surface area contributed by atoms with E-state index in [-0.39, 0.29) is 0 Å². The third-order valence-corrected chi connectivity index (χ3v) is 0.514. The Bertz CT molecular complexity index is 78.2. The average Bonchev–Trinajstić information content (AvgIpc) is 1.91. The van der Waals surface area contributed by atoms with Gasteiger partial charge in [-0.3, -0.25) is 4.79 Å². The highest BCUT2D eigenvalue weighted by atomic mass is 28.2. The first-order valence-corrected chi connectivity index (χ1v) is 2.45. The van der Waals surface area contributed by atoms with Gasteiger partial charge in [0.25, 0.3) is 0 Å². The lowest BCUT2D eigenvalue weighted by atomic mass is 10.3. The molecule has 1 atom stereocenters. The van der Waals surface area contributed by atoms with E-state index in [0.717, 1.165) is 0 Å². The summed E-state index contributed by atoms with van der Waals surface area (Å²) >= 11 is 0. The lowest BCUT2D eigenvalue weighted by Gasteiger charge is -1.96. The fourth-order valence-corrected chi connectivity index (χ4v) is 0.0781. The standard InChI is InChI=1S/C3H7NO3.HOSi/c4-2(1-5)3(6)7;1-2/h2,5H,1,4H2,(H,6,7);1H. The van der Waals surface area contributed by atoms with Crippen LogP contribution in [0.5, 0.6) is 0 Å². The first kappa shape index (κ1) is 11.4. The van der Waals surface area contributed by atoms with Gasteiger partial charge in [0, 0.05) is 0 Å². The van der Waals surface area contributed by atoms with E-state index in [1.165, 1.54) is 0 Å². The zero-order chi connectivity index (χ0) is 7.86. The van der Waals surface area contributed by atoms with Crippen molar-refractivity contribution in [2.75, 3.05) is 6.61 Å². The van der Waals surface area contributed by atoms with Crippen LogP contribution in [0.3, 0.4) is 0 Å². The minimum Gasteiger partial charge on any atom is -0.480 e. The first-order chi connectivity index (χ1) is 4.18. The number of carboxylic acid groups (broad SMARTS) is 1. The van der Waals surface area contributed by atoms with Crippen LogP contribution in [0.1, 0.15) is 0 Å². The molecule has 0 amide bonds. The van der Waals surface area contributed by atoms with E-state index in [1.807, 2.05) is 10.5 Å². The van der Waals surface area contributed by atoms with Gasteiger partial charge in [0.1, 0.15) is 6.04 Å². The van der Waals surface area contributed by atoms with E-state index >= 15 is 0 Å². The topological polar surface area (TPSA) is 104 Å². The van der Waals surface area contributed by atoms with Crippen LogP contribution >= 0.6 is 0 Å². The Hall–Kier alpha value is -0.433. The molecular weight excluding hydrogens is 142 g/mol. The molecule has 5 N–H and O–H groups in total. The van der Waals surface area contributed by atoms with E-state index in [9.17, 15) is 4.79 Å². The summed E-state index contributed by atoms with van der Waals surface area (Å²) in [5, 5.41) is 15.9. The van der Waals surface area contributed by atoms with Crippen LogP contribution in [0.4, 0.5) is 0 Å². The molecule has 0 aromatic heterocycles. The second-order valence-corrected chi connectivity index (χ2v) is 1.13. The van der Waals surface area contributed by atoms with Gasteiger partial charge in [-0.1, -0.05) is 0 Å². The Morgan fingerprint density at radius 2 is 2.00 bits per heavy atom. The molecule has 0 bridgehead atoms. The molecule has 1 unspecified atom stereocenters. The van der Waals surface area contributed by atoms with Gasteiger partial charge in [0.05, 0.1) is 6.61 Å². The summed E-state index contributed by atoms with van der Waals surface area (Å²) in [5.74, 6) is -1.18. The smallest absolute Gasteiger partial charge is 0.322 e. The highest BCUT2D eigenvalue weighted by Crippen LogP contribution is 1.71. The molecule has 0 rings (SSSR count). The number of aliphatic hydroxyl groups is 1. The molecular formula is C3H8NO4Si. The van der Waals surface area contributed by atoms with Gasteiger partial charge in [-0.25, -0.2) is 0 Å². The van der Waals surface area contributed by atoms with E-state index in [4.69, 9.17) is 20.7 Å². The van der Waals surface area contributed by atoms with Crippen LogP contribution in [0.25, 0.3) is 0 Å². The lowest BCUT2D eigenvalue weighted by molar-refractivity contribution is -0.139. The second-order valence-electron chi connectivity index (χ2n) is 1.13. The van der Waals surface area contributed by atoms with Crippen molar-refractivity contribution in [3.63, 3.8) is 0 Å². The van der Waals surface area contributed by atoms with Crippen molar-refractivity contribution in [2.24, 2.45) is 5.73 Å². The summed E-state index contributed by atoms with van der Waals surface area (Å²) in [6, 6.07) is -1.13. The summed E-state index contributed by atoms with van der Waals surface area (Å²) in [5.41, 5.74) is 4.77. The molecule has 0 aliphatic carbocycles. The number of aliphatic hydroxyl groups excluding tert-OH is 1. The van der Waals surface area contributed by atoms with E-state index in [1.54, 1.807) is 0 Å². The number of aliphatic carboxylic acids is 1. The minimum absolute atomic E-state index is 0.505. The molecule has 5 nitrogen and oxygen atoms in total. The van der Waals surface area contributed by atoms with Crippen molar-refractivity contribution in [1.82, 2.24) is 0 Å². The summed E-state index contributed by atoms with van der Waals surface area (Å²) in [7, 11) is 1.97. The van der Waals surface area contributed by atoms with Crippen molar-refractivity contribution in [2.45, 2.75) is 6.04 Å². The monoisotopic (exact) mass is 150 g/mol.